The molecule has 1 aromatic carbocycles. The average molecular weight is 201 g/mol. The van der Waals surface area contributed by atoms with Gasteiger partial charge in [0.25, 0.3) is 0 Å². The Kier molecular flexibility index (Phi) is 2.58. The third-order valence-electron chi connectivity index (χ3n) is 2.67. The molecule has 0 atom stereocenters. The van der Waals surface area contributed by atoms with Crippen LogP contribution in [0.15, 0.2) is 24.3 Å². The van der Waals surface area contributed by atoms with E-state index < -0.39 is 0 Å². The lowest BCUT2D eigenvalue weighted by Crippen LogP contribution is -1.97. The highest BCUT2D eigenvalue weighted by molar-refractivity contribution is 6.00. The molecule has 0 fully saturated rings. The van der Waals surface area contributed by atoms with Gasteiger partial charge in [0.1, 0.15) is 0 Å². The van der Waals surface area contributed by atoms with Crippen LogP contribution in [0.5, 0.6) is 0 Å². The molecule has 0 saturated carbocycles. The minimum atomic E-state index is 0.120. The van der Waals surface area contributed by atoms with Gasteiger partial charge < -0.3 is 4.98 Å². The fourth-order valence-electron chi connectivity index (χ4n) is 2.01. The summed E-state index contributed by atoms with van der Waals surface area (Å²) in [4.78, 5) is 14.7. The lowest BCUT2D eigenvalue weighted by molar-refractivity contribution is 0.101. The summed E-state index contributed by atoms with van der Waals surface area (Å²) in [6.45, 7) is 3.75. The van der Waals surface area contributed by atoms with Gasteiger partial charge in [-0.3, -0.25) is 4.79 Å². The maximum Gasteiger partial charge on any atom is 0.176 e. The topological polar surface area (TPSA) is 32.9 Å². The number of carbonyl (C=O) groups is 1. The number of para-hydroxylation sites is 1. The van der Waals surface area contributed by atoms with Crippen molar-refractivity contribution in [2.24, 2.45) is 0 Å². The first-order valence-electron chi connectivity index (χ1n) is 5.34. The number of rotatable bonds is 3. The number of aromatic amines is 1. The van der Waals surface area contributed by atoms with Crippen LogP contribution in [-0.4, -0.2) is 10.8 Å². The van der Waals surface area contributed by atoms with Crippen molar-refractivity contribution in [2.45, 2.75) is 26.7 Å². The molecule has 2 nitrogen and oxygen atoms in total. The summed E-state index contributed by atoms with van der Waals surface area (Å²) in [5, 5.41) is 1.18. The number of aromatic nitrogens is 1. The molecule has 2 rings (SSSR count). The van der Waals surface area contributed by atoms with E-state index in [0.29, 0.717) is 0 Å². The van der Waals surface area contributed by atoms with E-state index >= 15 is 0 Å². The summed E-state index contributed by atoms with van der Waals surface area (Å²) in [6.07, 6.45) is 2.01. The molecule has 0 aliphatic carbocycles. The summed E-state index contributed by atoms with van der Waals surface area (Å²) in [7, 11) is 0. The number of ketones is 1. The standard InChI is InChI=1S/C13H15NO/c1-3-6-11-10-7-4-5-8-12(10)14-13(11)9(2)15/h4-5,7-8,14H,3,6H2,1-2H3. The van der Waals surface area contributed by atoms with Crippen LogP contribution in [0.1, 0.15) is 36.3 Å². The predicted octanol–water partition coefficient (Wildman–Crippen LogP) is 3.32. The Morgan fingerprint density at radius 1 is 1.33 bits per heavy atom. The first-order valence-corrected chi connectivity index (χ1v) is 5.34. The van der Waals surface area contributed by atoms with Crippen LogP contribution < -0.4 is 0 Å². The average Bonchev–Trinajstić information content (AvgIpc) is 2.58. The molecule has 0 bridgehead atoms. The first-order chi connectivity index (χ1) is 7.24. The molecule has 0 aliphatic heterocycles. The highest BCUT2D eigenvalue weighted by Crippen LogP contribution is 2.23. The monoisotopic (exact) mass is 201 g/mol. The van der Waals surface area contributed by atoms with Gasteiger partial charge in [0.15, 0.2) is 5.78 Å². The number of H-pyrrole nitrogens is 1. The van der Waals surface area contributed by atoms with Crippen LogP contribution in [0.3, 0.4) is 0 Å². The summed E-state index contributed by atoms with van der Waals surface area (Å²) < 4.78 is 0. The Balaban J connectivity index is 2.68. The van der Waals surface area contributed by atoms with Gasteiger partial charge in [-0.2, -0.15) is 0 Å². The SMILES string of the molecule is CCCc1c(C(C)=O)[nH]c2ccccc12. The molecule has 0 radical (unpaired) electrons. The van der Waals surface area contributed by atoms with Crippen LogP contribution in [0, 0.1) is 0 Å². The zero-order chi connectivity index (χ0) is 10.8. The molecule has 2 aromatic rings. The lowest BCUT2D eigenvalue weighted by Gasteiger charge is -1.98. The van der Waals surface area contributed by atoms with Crippen molar-refractivity contribution in [3.8, 4) is 0 Å². The van der Waals surface area contributed by atoms with Crippen molar-refractivity contribution in [3.63, 3.8) is 0 Å². The van der Waals surface area contributed by atoms with E-state index in [4.69, 9.17) is 0 Å². The second-order valence-corrected chi connectivity index (χ2v) is 3.83. The quantitative estimate of drug-likeness (QED) is 0.759. The second kappa shape index (κ2) is 3.89. The number of nitrogens with one attached hydrogen (secondary N) is 1. The highest BCUT2D eigenvalue weighted by Gasteiger charge is 2.12. The van der Waals surface area contributed by atoms with Gasteiger partial charge in [0.05, 0.1) is 5.69 Å². The van der Waals surface area contributed by atoms with Gasteiger partial charge in [-0.05, 0) is 18.1 Å². The van der Waals surface area contributed by atoms with Crippen molar-refractivity contribution < 1.29 is 4.79 Å². The van der Waals surface area contributed by atoms with Crippen LogP contribution in [-0.2, 0) is 6.42 Å². The van der Waals surface area contributed by atoms with E-state index in [9.17, 15) is 4.79 Å². The van der Waals surface area contributed by atoms with Gasteiger partial charge in [0.2, 0.25) is 0 Å². The van der Waals surface area contributed by atoms with Crippen LogP contribution in [0.25, 0.3) is 10.9 Å². The fraction of sp³-hybridized carbons (Fsp3) is 0.308. The van der Waals surface area contributed by atoms with Crippen molar-refractivity contribution in [1.29, 1.82) is 0 Å². The van der Waals surface area contributed by atoms with E-state index in [-0.39, 0.29) is 5.78 Å². The molecular formula is C13H15NO. The number of benzene rings is 1. The van der Waals surface area contributed by atoms with E-state index in [1.807, 2.05) is 18.2 Å². The lowest BCUT2D eigenvalue weighted by atomic mass is 10.0. The van der Waals surface area contributed by atoms with Gasteiger partial charge in [-0.15, -0.1) is 0 Å². The smallest absolute Gasteiger partial charge is 0.176 e. The second-order valence-electron chi connectivity index (χ2n) is 3.83. The van der Waals surface area contributed by atoms with Gasteiger partial charge in [0, 0.05) is 17.8 Å². The predicted molar refractivity (Wildman–Crippen MR) is 62.3 cm³/mol. The zero-order valence-corrected chi connectivity index (χ0v) is 9.13. The Labute approximate surface area is 89.3 Å². The molecule has 1 heterocycles. The summed E-state index contributed by atoms with van der Waals surface area (Å²) in [5.41, 5.74) is 3.00. The van der Waals surface area contributed by atoms with Gasteiger partial charge >= 0.3 is 0 Å². The molecule has 0 aliphatic rings. The molecular weight excluding hydrogens is 186 g/mol. The van der Waals surface area contributed by atoms with Crippen molar-refractivity contribution in [1.82, 2.24) is 4.98 Å². The van der Waals surface area contributed by atoms with Crippen molar-refractivity contribution in [2.75, 3.05) is 0 Å². The van der Waals surface area contributed by atoms with E-state index in [1.54, 1.807) is 6.92 Å². The van der Waals surface area contributed by atoms with Crippen LogP contribution in [0.4, 0.5) is 0 Å². The Bertz CT molecular complexity index is 496. The Hall–Kier alpha value is -1.57. The largest absolute Gasteiger partial charge is 0.352 e. The van der Waals surface area contributed by atoms with Crippen LogP contribution in [0.2, 0.25) is 0 Å². The summed E-state index contributed by atoms with van der Waals surface area (Å²) in [6, 6.07) is 8.09. The molecule has 1 N–H and O–H groups in total. The number of hydrogen-bond acceptors (Lipinski definition) is 1. The maximum atomic E-state index is 11.5. The zero-order valence-electron chi connectivity index (χ0n) is 9.13. The van der Waals surface area contributed by atoms with Crippen molar-refractivity contribution in [3.05, 3.63) is 35.5 Å². The minimum Gasteiger partial charge on any atom is -0.352 e. The molecule has 15 heavy (non-hydrogen) atoms. The first kappa shape index (κ1) is 9.97. The molecule has 0 spiro atoms. The number of fused-ring (bicyclic) bond motifs is 1. The van der Waals surface area contributed by atoms with Crippen molar-refractivity contribution >= 4 is 16.7 Å². The van der Waals surface area contributed by atoms with Crippen LogP contribution >= 0.6 is 0 Å². The third kappa shape index (κ3) is 1.67. The normalized spacial score (nSPS) is 10.8. The maximum absolute atomic E-state index is 11.5. The van der Waals surface area contributed by atoms with Gasteiger partial charge in [-0.25, -0.2) is 0 Å². The van der Waals surface area contributed by atoms with Gasteiger partial charge in [-0.1, -0.05) is 31.5 Å². The third-order valence-corrected chi connectivity index (χ3v) is 2.67. The van der Waals surface area contributed by atoms with E-state index in [2.05, 4.69) is 18.0 Å². The Morgan fingerprint density at radius 3 is 2.73 bits per heavy atom. The summed E-state index contributed by atoms with van der Waals surface area (Å²) in [5.74, 6) is 0.120. The molecule has 0 amide bonds. The molecule has 0 saturated heterocycles. The number of hydrogen-bond donors (Lipinski definition) is 1. The van der Waals surface area contributed by atoms with E-state index in [1.165, 1.54) is 10.9 Å². The Morgan fingerprint density at radius 2 is 2.07 bits per heavy atom. The molecule has 1 aromatic heterocycles. The number of carbonyl (C=O) groups excluding carboxylic acids is 1. The highest BCUT2D eigenvalue weighted by atomic mass is 16.1. The minimum absolute atomic E-state index is 0.120. The molecule has 78 valence electrons. The fourth-order valence-corrected chi connectivity index (χ4v) is 2.01. The summed E-state index contributed by atoms with van der Waals surface area (Å²) >= 11 is 0. The van der Waals surface area contributed by atoms with E-state index in [0.717, 1.165) is 24.1 Å². The number of Topliss-reactive ketones (excluding diaryl/α,β-unsaturated/α-hetero) is 1. The molecule has 0 unspecified atom stereocenters. The molecule has 2 heteroatoms. The number of aryl methyl sites for hydroxylation is 1.